The standard InChI is InChI=1S/C14H16ClN3O4/c15-9-3-5-10(6-4-9)17-14(22)16-8-12(19)18-7-1-2-11(18)13(20)21/h3-6,11H,1-2,7-8H2,(H,20,21)(H2,16,17,22). The van der Waals surface area contributed by atoms with Crippen LogP contribution in [0, 0.1) is 0 Å². The fourth-order valence-corrected chi connectivity index (χ4v) is 2.41. The number of amides is 3. The van der Waals surface area contributed by atoms with Crippen LogP contribution in [0.3, 0.4) is 0 Å². The van der Waals surface area contributed by atoms with Gasteiger partial charge < -0.3 is 20.6 Å². The van der Waals surface area contributed by atoms with Crippen molar-refractivity contribution in [2.24, 2.45) is 0 Å². The lowest BCUT2D eigenvalue weighted by molar-refractivity contribution is -0.147. The first-order valence-corrected chi connectivity index (χ1v) is 7.18. The fraction of sp³-hybridized carbons (Fsp3) is 0.357. The Morgan fingerprint density at radius 3 is 2.59 bits per heavy atom. The maximum atomic E-state index is 12.0. The Kier molecular flexibility index (Phi) is 5.21. The maximum Gasteiger partial charge on any atom is 0.326 e. The Hall–Kier alpha value is -2.28. The molecule has 0 saturated carbocycles. The molecular formula is C14H16ClN3O4. The van der Waals surface area contributed by atoms with Crippen LogP contribution in [0.5, 0.6) is 0 Å². The number of carboxylic acid groups (broad SMARTS) is 1. The third kappa shape index (κ3) is 4.11. The molecule has 1 aromatic carbocycles. The lowest BCUT2D eigenvalue weighted by Crippen LogP contribution is -2.46. The van der Waals surface area contributed by atoms with Gasteiger partial charge in [-0.2, -0.15) is 0 Å². The molecular weight excluding hydrogens is 310 g/mol. The van der Waals surface area contributed by atoms with E-state index in [1.54, 1.807) is 24.3 Å². The molecule has 1 unspecified atom stereocenters. The molecule has 0 spiro atoms. The summed E-state index contributed by atoms with van der Waals surface area (Å²) in [6.07, 6.45) is 1.09. The van der Waals surface area contributed by atoms with Crippen molar-refractivity contribution in [1.82, 2.24) is 10.2 Å². The summed E-state index contributed by atoms with van der Waals surface area (Å²) in [5, 5.41) is 14.5. The number of nitrogens with one attached hydrogen (secondary N) is 2. The minimum Gasteiger partial charge on any atom is -0.480 e. The summed E-state index contributed by atoms with van der Waals surface area (Å²) in [7, 11) is 0. The number of aliphatic carboxylic acids is 1. The van der Waals surface area contributed by atoms with E-state index in [4.69, 9.17) is 16.7 Å². The van der Waals surface area contributed by atoms with Crippen molar-refractivity contribution < 1.29 is 19.5 Å². The molecule has 1 fully saturated rings. The second-order valence-corrected chi connectivity index (χ2v) is 5.33. The summed E-state index contributed by atoms with van der Waals surface area (Å²) in [6.45, 7) is 0.152. The molecule has 1 saturated heterocycles. The number of carbonyl (C=O) groups is 3. The number of hydrogen-bond acceptors (Lipinski definition) is 3. The number of likely N-dealkylation sites (tertiary alicyclic amines) is 1. The molecule has 1 heterocycles. The molecule has 3 amide bonds. The van der Waals surface area contributed by atoms with Gasteiger partial charge in [0.05, 0.1) is 6.54 Å². The number of carbonyl (C=O) groups excluding carboxylic acids is 2. The Labute approximate surface area is 132 Å². The van der Waals surface area contributed by atoms with Crippen LogP contribution in [0.4, 0.5) is 10.5 Å². The van der Waals surface area contributed by atoms with E-state index in [0.717, 1.165) is 0 Å². The molecule has 0 bridgehead atoms. The SMILES string of the molecule is O=C(NCC(=O)N1CCCC1C(=O)O)Nc1ccc(Cl)cc1. The quantitative estimate of drug-likeness (QED) is 0.782. The second kappa shape index (κ2) is 7.13. The van der Waals surface area contributed by atoms with Crippen LogP contribution in [-0.2, 0) is 9.59 Å². The number of urea groups is 1. The van der Waals surface area contributed by atoms with Gasteiger partial charge in [0, 0.05) is 17.3 Å². The minimum absolute atomic E-state index is 0.247. The molecule has 0 radical (unpaired) electrons. The predicted molar refractivity (Wildman–Crippen MR) is 80.8 cm³/mol. The van der Waals surface area contributed by atoms with Gasteiger partial charge in [0.1, 0.15) is 6.04 Å². The van der Waals surface area contributed by atoms with E-state index in [9.17, 15) is 14.4 Å². The third-order valence-corrected chi connectivity index (χ3v) is 3.61. The Morgan fingerprint density at radius 1 is 1.27 bits per heavy atom. The van der Waals surface area contributed by atoms with Crippen LogP contribution in [-0.4, -0.2) is 47.0 Å². The number of anilines is 1. The topological polar surface area (TPSA) is 98.7 Å². The Bertz CT molecular complexity index is 576. The highest BCUT2D eigenvalue weighted by Crippen LogP contribution is 2.17. The van der Waals surface area contributed by atoms with Crippen LogP contribution < -0.4 is 10.6 Å². The maximum absolute atomic E-state index is 12.0. The van der Waals surface area contributed by atoms with Gasteiger partial charge in [-0.05, 0) is 37.1 Å². The van der Waals surface area contributed by atoms with Gasteiger partial charge in [-0.25, -0.2) is 9.59 Å². The summed E-state index contributed by atoms with van der Waals surface area (Å²) >= 11 is 5.74. The lowest BCUT2D eigenvalue weighted by Gasteiger charge is -2.21. The van der Waals surface area contributed by atoms with Gasteiger partial charge in [0.15, 0.2) is 0 Å². The van der Waals surface area contributed by atoms with Crippen LogP contribution in [0.1, 0.15) is 12.8 Å². The predicted octanol–water partition coefficient (Wildman–Crippen LogP) is 1.54. The van der Waals surface area contributed by atoms with E-state index >= 15 is 0 Å². The van der Waals surface area contributed by atoms with Crippen LogP contribution in [0.15, 0.2) is 24.3 Å². The van der Waals surface area contributed by atoms with Crippen LogP contribution >= 0.6 is 11.6 Å². The number of carboxylic acids is 1. The molecule has 118 valence electrons. The summed E-state index contributed by atoms with van der Waals surface area (Å²) in [4.78, 5) is 36.0. The Balaban J connectivity index is 1.81. The highest BCUT2D eigenvalue weighted by Gasteiger charge is 2.33. The third-order valence-electron chi connectivity index (χ3n) is 3.36. The van der Waals surface area contributed by atoms with Crippen molar-refractivity contribution in [3.63, 3.8) is 0 Å². The first-order chi connectivity index (χ1) is 10.5. The molecule has 2 rings (SSSR count). The van der Waals surface area contributed by atoms with E-state index < -0.39 is 23.9 Å². The molecule has 1 aliphatic rings. The first-order valence-electron chi connectivity index (χ1n) is 6.80. The van der Waals surface area contributed by atoms with Gasteiger partial charge >= 0.3 is 12.0 Å². The van der Waals surface area contributed by atoms with E-state index in [0.29, 0.717) is 30.1 Å². The van der Waals surface area contributed by atoms with E-state index in [1.165, 1.54) is 4.90 Å². The van der Waals surface area contributed by atoms with E-state index in [2.05, 4.69) is 10.6 Å². The molecule has 1 aliphatic heterocycles. The minimum atomic E-state index is -1.02. The van der Waals surface area contributed by atoms with Gasteiger partial charge in [-0.15, -0.1) is 0 Å². The molecule has 8 heteroatoms. The number of nitrogens with zero attached hydrogens (tertiary/aromatic N) is 1. The smallest absolute Gasteiger partial charge is 0.326 e. The van der Waals surface area contributed by atoms with Gasteiger partial charge in [0.25, 0.3) is 0 Å². The number of rotatable bonds is 4. The summed E-state index contributed by atoms with van der Waals surface area (Å²) < 4.78 is 0. The van der Waals surface area contributed by atoms with Crippen molar-refractivity contribution in [3.05, 3.63) is 29.3 Å². The normalized spacial score (nSPS) is 17.1. The average molecular weight is 326 g/mol. The van der Waals surface area contributed by atoms with Crippen LogP contribution in [0.25, 0.3) is 0 Å². The van der Waals surface area contributed by atoms with Gasteiger partial charge in [-0.3, -0.25) is 4.79 Å². The summed E-state index contributed by atoms with van der Waals surface area (Å²) in [5.41, 5.74) is 0.541. The van der Waals surface area contributed by atoms with Crippen molar-refractivity contribution in [1.29, 1.82) is 0 Å². The van der Waals surface area contributed by atoms with Gasteiger partial charge in [0.2, 0.25) is 5.91 Å². The molecule has 0 aliphatic carbocycles. The zero-order valence-electron chi connectivity index (χ0n) is 11.7. The van der Waals surface area contributed by atoms with Crippen LogP contribution in [0.2, 0.25) is 5.02 Å². The number of benzene rings is 1. The average Bonchev–Trinajstić information content (AvgIpc) is 2.97. The van der Waals surface area contributed by atoms with Crippen molar-refractivity contribution in [2.75, 3.05) is 18.4 Å². The molecule has 22 heavy (non-hydrogen) atoms. The first kappa shape index (κ1) is 16.1. The zero-order chi connectivity index (χ0) is 16.1. The van der Waals surface area contributed by atoms with Crippen molar-refractivity contribution in [3.8, 4) is 0 Å². The van der Waals surface area contributed by atoms with Crippen molar-refractivity contribution in [2.45, 2.75) is 18.9 Å². The van der Waals surface area contributed by atoms with Crippen molar-refractivity contribution >= 4 is 35.2 Å². The largest absolute Gasteiger partial charge is 0.480 e. The monoisotopic (exact) mass is 325 g/mol. The number of hydrogen-bond donors (Lipinski definition) is 3. The number of halogens is 1. The molecule has 3 N–H and O–H groups in total. The summed E-state index contributed by atoms with van der Waals surface area (Å²) in [5.74, 6) is -1.42. The lowest BCUT2D eigenvalue weighted by atomic mass is 10.2. The Morgan fingerprint density at radius 2 is 1.95 bits per heavy atom. The molecule has 7 nitrogen and oxygen atoms in total. The van der Waals surface area contributed by atoms with E-state index in [1.807, 2.05) is 0 Å². The van der Waals surface area contributed by atoms with E-state index in [-0.39, 0.29) is 6.54 Å². The molecule has 0 aromatic heterocycles. The highest BCUT2D eigenvalue weighted by molar-refractivity contribution is 6.30. The fourth-order valence-electron chi connectivity index (χ4n) is 2.29. The van der Waals surface area contributed by atoms with Gasteiger partial charge in [-0.1, -0.05) is 11.6 Å². The zero-order valence-corrected chi connectivity index (χ0v) is 12.5. The molecule has 1 atom stereocenters. The molecule has 1 aromatic rings. The highest BCUT2D eigenvalue weighted by atomic mass is 35.5. The summed E-state index contributed by atoms with van der Waals surface area (Å²) in [6, 6.07) is 5.18. The second-order valence-electron chi connectivity index (χ2n) is 4.90.